The summed E-state index contributed by atoms with van der Waals surface area (Å²) < 4.78 is 5.28. The molecular formula is C23H19N5O. The van der Waals surface area contributed by atoms with E-state index in [0.29, 0.717) is 17.1 Å². The number of hydrogen-bond donors (Lipinski definition) is 1. The van der Waals surface area contributed by atoms with Crippen LogP contribution in [0, 0.1) is 11.3 Å². The molecule has 2 aromatic carbocycles. The molecule has 0 bridgehead atoms. The van der Waals surface area contributed by atoms with Gasteiger partial charge in [-0.25, -0.2) is 9.98 Å². The molecule has 0 fully saturated rings. The van der Waals surface area contributed by atoms with Crippen molar-refractivity contribution in [1.29, 1.82) is 5.26 Å². The Labute approximate surface area is 169 Å². The van der Waals surface area contributed by atoms with Crippen molar-refractivity contribution in [1.82, 2.24) is 4.98 Å². The number of nitriles is 1. The van der Waals surface area contributed by atoms with E-state index in [1.54, 1.807) is 19.5 Å². The van der Waals surface area contributed by atoms with Gasteiger partial charge in [0.15, 0.2) is 0 Å². The first-order valence-electron chi connectivity index (χ1n) is 9.08. The summed E-state index contributed by atoms with van der Waals surface area (Å²) in [6.07, 6.45) is 3.28. The molecule has 0 amide bonds. The molecule has 1 unspecified atom stereocenters. The highest BCUT2D eigenvalue weighted by molar-refractivity contribution is 6.41. The molecule has 0 saturated heterocycles. The van der Waals surface area contributed by atoms with E-state index >= 15 is 0 Å². The Hall–Kier alpha value is -3.98. The minimum Gasteiger partial charge on any atom is -0.497 e. The van der Waals surface area contributed by atoms with Gasteiger partial charge in [-0.05, 0) is 36.8 Å². The third-order valence-electron chi connectivity index (χ3n) is 4.94. The number of amidine groups is 1. The van der Waals surface area contributed by atoms with E-state index in [-0.39, 0.29) is 0 Å². The number of hydrogen-bond acceptors (Lipinski definition) is 6. The van der Waals surface area contributed by atoms with E-state index in [0.717, 1.165) is 28.0 Å². The zero-order chi connectivity index (χ0) is 20.4. The summed E-state index contributed by atoms with van der Waals surface area (Å²) >= 11 is 0. The SMILES string of the molecule is COc1ccc(C2(c3cccc(-c4cncc(C#N)c4)c3)N=C(C)C(N)=N2)cc1. The Bertz CT molecular complexity index is 1150. The number of nitrogens with zero attached hydrogens (tertiary/aromatic N) is 4. The average molecular weight is 381 g/mol. The molecule has 0 spiro atoms. The number of aromatic nitrogens is 1. The maximum atomic E-state index is 9.18. The Morgan fingerprint density at radius 2 is 1.76 bits per heavy atom. The highest BCUT2D eigenvalue weighted by atomic mass is 16.5. The van der Waals surface area contributed by atoms with Gasteiger partial charge in [-0.1, -0.05) is 30.3 Å². The van der Waals surface area contributed by atoms with Crippen molar-refractivity contribution in [3.8, 4) is 22.9 Å². The zero-order valence-corrected chi connectivity index (χ0v) is 16.1. The van der Waals surface area contributed by atoms with Crippen molar-refractivity contribution in [3.63, 3.8) is 0 Å². The molecule has 1 aromatic heterocycles. The molecule has 4 rings (SSSR count). The topological polar surface area (TPSA) is 96.6 Å². The van der Waals surface area contributed by atoms with Gasteiger partial charge in [0.2, 0.25) is 5.66 Å². The monoisotopic (exact) mass is 381 g/mol. The predicted molar refractivity (Wildman–Crippen MR) is 113 cm³/mol. The smallest absolute Gasteiger partial charge is 0.204 e. The van der Waals surface area contributed by atoms with Crippen molar-refractivity contribution in [2.45, 2.75) is 12.6 Å². The Morgan fingerprint density at radius 3 is 2.41 bits per heavy atom. The van der Waals surface area contributed by atoms with Crippen LogP contribution >= 0.6 is 0 Å². The van der Waals surface area contributed by atoms with E-state index in [4.69, 9.17) is 20.5 Å². The summed E-state index contributed by atoms with van der Waals surface area (Å²) in [4.78, 5) is 13.8. The van der Waals surface area contributed by atoms with Crippen molar-refractivity contribution in [3.05, 3.63) is 83.7 Å². The summed E-state index contributed by atoms with van der Waals surface area (Å²) in [6, 6.07) is 19.5. The number of rotatable bonds is 4. The van der Waals surface area contributed by atoms with Crippen molar-refractivity contribution >= 4 is 11.5 Å². The number of nitrogens with two attached hydrogens (primary N) is 1. The summed E-state index contributed by atoms with van der Waals surface area (Å²) in [6.45, 7) is 1.86. The van der Waals surface area contributed by atoms with Crippen LogP contribution in [0.15, 0.2) is 77.0 Å². The molecule has 29 heavy (non-hydrogen) atoms. The predicted octanol–water partition coefficient (Wildman–Crippen LogP) is 3.66. The standard InChI is InChI=1S/C23H19N5O/c1-15-22(25)28-23(27-15,19-6-8-21(29-2)9-7-19)20-5-3-4-17(11-20)18-10-16(12-24)13-26-14-18/h3-11,13-14H,1-2H3,(H2,25,28). The maximum Gasteiger partial charge on any atom is 0.204 e. The molecule has 1 aliphatic heterocycles. The van der Waals surface area contributed by atoms with E-state index in [2.05, 4.69) is 11.1 Å². The third kappa shape index (κ3) is 3.23. The van der Waals surface area contributed by atoms with Crippen LogP contribution < -0.4 is 10.5 Å². The van der Waals surface area contributed by atoms with Crippen LogP contribution in [-0.4, -0.2) is 23.6 Å². The molecule has 2 N–H and O–H groups in total. The quantitative estimate of drug-likeness (QED) is 0.746. The van der Waals surface area contributed by atoms with Gasteiger partial charge in [-0.15, -0.1) is 0 Å². The van der Waals surface area contributed by atoms with Gasteiger partial charge in [-0.3, -0.25) is 4.98 Å². The Morgan fingerprint density at radius 1 is 0.966 bits per heavy atom. The van der Waals surface area contributed by atoms with Crippen molar-refractivity contribution in [2.75, 3.05) is 7.11 Å². The highest BCUT2D eigenvalue weighted by Crippen LogP contribution is 2.40. The van der Waals surface area contributed by atoms with Gasteiger partial charge in [0.25, 0.3) is 0 Å². The zero-order valence-electron chi connectivity index (χ0n) is 16.1. The molecule has 0 aliphatic carbocycles. The summed E-state index contributed by atoms with van der Waals surface area (Å²) in [5, 5.41) is 9.18. The van der Waals surface area contributed by atoms with Gasteiger partial charge in [0.05, 0.1) is 18.4 Å². The second-order valence-electron chi connectivity index (χ2n) is 6.75. The number of methoxy groups -OCH3 is 1. The first-order chi connectivity index (χ1) is 14.1. The van der Waals surface area contributed by atoms with Crippen LogP contribution in [-0.2, 0) is 5.66 Å². The normalized spacial score (nSPS) is 18.0. The molecule has 142 valence electrons. The molecule has 1 aliphatic rings. The highest BCUT2D eigenvalue weighted by Gasteiger charge is 2.38. The largest absolute Gasteiger partial charge is 0.497 e. The van der Waals surface area contributed by atoms with Crippen LogP contribution in [0.5, 0.6) is 5.75 Å². The van der Waals surface area contributed by atoms with Crippen LogP contribution in [0.3, 0.4) is 0 Å². The maximum absolute atomic E-state index is 9.18. The van der Waals surface area contributed by atoms with E-state index in [1.165, 1.54) is 0 Å². The Balaban J connectivity index is 1.88. The molecule has 2 heterocycles. The summed E-state index contributed by atoms with van der Waals surface area (Å²) in [5.41, 5.74) is 9.90. The van der Waals surface area contributed by atoms with E-state index < -0.39 is 5.66 Å². The summed E-state index contributed by atoms with van der Waals surface area (Å²) in [7, 11) is 1.63. The fourth-order valence-corrected chi connectivity index (χ4v) is 3.40. The molecule has 0 saturated carbocycles. The van der Waals surface area contributed by atoms with Crippen LogP contribution in [0.1, 0.15) is 23.6 Å². The number of aliphatic imine (C=N–C) groups is 2. The Kier molecular flexibility index (Phi) is 4.57. The first kappa shape index (κ1) is 18.4. The van der Waals surface area contributed by atoms with Crippen molar-refractivity contribution < 1.29 is 4.74 Å². The van der Waals surface area contributed by atoms with Gasteiger partial charge in [0.1, 0.15) is 17.7 Å². The van der Waals surface area contributed by atoms with Crippen LogP contribution in [0.25, 0.3) is 11.1 Å². The lowest BCUT2D eigenvalue weighted by molar-refractivity contribution is 0.414. The molecule has 3 aromatic rings. The summed E-state index contributed by atoms with van der Waals surface area (Å²) in [5.74, 6) is 1.17. The lowest BCUT2D eigenvalue weighted by Gasteiger charge is -2.25. The average Bonchev–Trinajstić information content (AvgIpc) is 3.09. The lowest BCUT2D eigenvalue weighted by Crippen LogP contribution is -2.22. The van der Waals surface area contributed by atoms with Crippen LogP contribution in [0.2, 0.25) is 0 Å². The third-order valence-corrected chi connectivity index (χ3v) is 4.94. The molecule has 1 atom stereocenters. The molecule has 6 heteroatoms. The number of benzene rings is 2. The van der Waals surface area contributed by atoms with Crippen LogP contribution in [0.4, 0.5) is 0 Å². The molecule has 0 radical (unpaired) electrons. The van der Waals surface area contributed by atoms with E-state index in [9.17, 15) is 5.26 Å². The lowest BCUT2D eigenvalue weighted by atomic mass is 9.90. The molecular weight excluding hydrogens is 362 g/mol. The second-order valence-corrected chi connectivity index (χ2v) is 6.75. The van der Waals surface area contributed by atoms with Gasteiger partial charge in [0, 0.05) is 29.1 Å². The fraction of sp³-hybridized carbons (Fsp3) is 0.130. The number of ether oxygens (including phenoxy) is 1. The fourth-order valence-electron chi connectivity index (χ4n) is 3.40. The van der Waals surface area contributed by atoms with Gasteiger partial charge >= 0.3 is 0 Å². The number of pyridine rings is 1. The van der Waals surface area contributed by atoms with Crippen molar-refractivity contribution in [2.24, 2.45) is 15.7 Å². The minimum absolute atomic E-state index is 0.416. The van der Waals surface area contributed by atoms with Gasteiger partial charge < -0.3 is 10.5 Å². The second kappa shape index (κ2) is 7.21. The van der Waals surface area contributed by atoms with Gasteiger partial charge in [-0.2, -0.15) is 5.26 Å². The van der Waals surface area contributed by atoms with E-state index in [1.807, 2.05) is 61.5 Å². The first-order valence-corrected chi connectivity index (χ1v) is 9.08. The minimum atomic E-state index is -0.962. The molecule has 6 nitrogen and oxygen atoms in total.